The molecule has 3 N–H and O–H groups in total. The lowest BCUT2D eigenvalue weighted by Gasteiger charge is -2.31. The number of para-hydroxylation sites is 1. The van der Waals surface area contributed by atoms with Crippen LogP contribution in [0.3, 0.4) is 0 Å². The maximum Gasteiger partial charge on any atom is 0.337 e. The summed E-state index contributed by atoms with van der Waals surface area (Å²) in [5.74, 6) is -0.0996. The highest BCUT2D eigenvalue weighted by Crippen LogP contribution is 2.22. The van der Waals surface area contributed by atoms with Gasteiger partial charge in [-0.3, -0.25) is 9.59 Å². The summed E-state index contributed by atoms with van der Waals surface area (Å²) in [6.45, 7) is 4.74. The lowest BCUT2D eigenvalue weighted by atomic mass is 9.96. The zero-order valence-electron chi connectivity index (χ0n) is 18.9. The van der Waals surface area contributed by atoms with Crippen molar-refractivity contribution in [3.63, 3.8) is 0 Å². The minimum atomic E-state index is -0.477. The van der Waals surface area contributed by atoms with Crippen LogP contribution in [-0.4, -0.2) is 66.0 Å². The fraction of sp³-hybridized carbons (Fsp3) is 0.478. The Labute approximate surface area is 197 Å². The summed E-state index contributed by atoms with van der Waals surface area (Å²) in [5.41, 5.74) is 1.62. The number of piperidine rings is 1. The third-order valence-corrected chi connectivity index (χ3v) is 6.54. The Hall–Kier alpha value is -3.01. The summed E-state index contributed by atoms with van der Waals surface area (Å²) in [4.78, 5) is 51.0. The second kappa shape index (κ2) is 11.7. The van der Waals surface area contributed by atoms with Crippen molar-refractivity contribution >= 4 is 41.3 Å². The largest absolute Gasteiger partial charge is 0.463 e. The fourth-order valence-corrected chi connectivity index (χ4v) is 4.77. The van der Waals surface area contributed by atoms with Gasteiger partial charge in [0.2, 0.25) is 11.8 Å². The third kappa shape index (κ3) is 6.74. The monoisotopic (exact) mass is 474 g/mol. The number of carbonyl (C=O) groups is 4. The SMILES string of the molecule is CCOC(=O)C1=C(CSCC(=O)N2CCC(C(=O)Nc3ccccc3)CC2)NC(=O)N[C@@H]1C. The number of amides is 4. The lowest BCUT2D eigenvalue weighted by Crippen LogP contribution is -2.49. The maximum atomic E-state index is 12.7. The highest BCUT2D eigenvalue weighted by Gasteiger charge is 2.30. The molecule has 1 aromatic carbocycles. The van der Waals surface area contributed by atoms with Crippen LogP contribution in [0.4, 0.5) is 10.5 Å². The molecule has 0 radical (unpaired) electrons. The molecule has 2 heterocycles. The van der Waals surface area contributed by atoms with Crippen molar-refractivity contribution in [1.29, 1.82) is 0 Å². The van der Waals surface area contributed by atoms with Crippen LogP contribution in [0, 0.1) is 5.92 Å². The summed E-state index contributed by atoms with van der Waals surface area (Å²) in [7, 11) is 0. The van der Waals surface area contributed by atoms with Gasteiger partial charge < -0.3 is 25.6 Å². The molecular formula is C23H30N4O5S. The number of rotatable bonds is 8. The molecule has 3 rings (SSSR count). The van der Waals surface area contributed by atoms with E-state index in [1.54, 1.807) is 18.7 Å². The number of nitrogens with zero attached hydrogens (tertiary/aromatic N) is 1. The summed E-state index contributed by atoms with van der Waals surface area (Å²) >= 11 is 1.34. The first-order valence-electron chi connectivity index (χ1n) is 11.1. The molecule has 178 valence electrons. The van der Waals surface area contributed by atoms with E-state index in [2.05, 4.69) is 16.0 Å². The van der Waals surface area contributed by atoms with E-state index in [4.69, 9.17) is 4.74 Å². The quantitative estimate of drug-likeness (QED) is 0.497. The van der Waals surface area contributed by atoms with E-state index in [-0.39, 0.29) is 36.1 Å². The Morgan fingerprint density at radius 1 is 1.18 bits per heavy atom. The molecule has 1 fully saturated rings. The molecule has 1 saturated heterocycles. The number of hydrogen-bond donors (Lipinski definition) is 3. The van der Waals surface area contributed by atoms with Gasteiger partial charge in [-0.05, 0) is 38.8 Å². The molecular weight excluding hydrogens is 444 g/mol. The van der Waals surface area contributed by atoms with Crippen molar-refractivity contribution in [2.45, 2.75) is 32.7 Å². The second-order valence-corrected chi connectivity index (χ2v) is 8.92. The lowest BCUT2D eigenvalue weighted by molar-refractivity contribution is -0.139. The van der Waals surface area contributed by atoms with Crippen molar-refractivity contribution in [1.82, 2.24) is 15.5 Å². The van der Waals surface area contributed by atoms with E-state index in [0.29, 0.717) is 43.0 Å². The van der Waals surface area contributed by atoms with Crippen molar-refractivity contribution in [3.8, 4) is 0 Å². The average Bonchev–Trinajstić information content (AvgIpc) is 2.79. The topological polar surface area (TPSA) is 117 Å². The van der Waals surface area contributed by atoms with Crippen LogP contribution in [0.25, 0.3) is 0 Å². The van der Waals surface area contributed by atoms with Crippen LogP contribution >= 0.6 is 11.8 Å². The van der Waals surface area contributed by atoms with Gasteiger partial charge in [0.25, 0.3) is 0 Å². The normalized spacial score (nSPS) is 18.9. The molecule has 10 heteroatoms. The van der Waals surface area contributed by atoms with Gasteiger partial charge in [-0.1, -0.05) is 18.2 Å². The number of likely N-dealkylation sites (tertiary alicyclic amines) is 1. The average molecular weight is 475 g/mol. The van der Waals surface area contributed by atoms with E-state index < -0.39 is 12.0 Å². The molecule has 2 aliphatic heterocycles. The van der Waals surface area contributed by atoms with Crippen LogP contribution in [0.15, 0.2) is 41.6 Å². The van der Waals surface area contributed by atoms with Crippen LogP contribution in [0.2, 0.25) is 0 Å². The third-order valence-electron chi connectivity index (χ3n) is 5.60. The maximum absolute atomic E-state index is 12.7. The molecule has 0 spiro atoms. The van der Waals surface area contributed by atoms with Crippen molar-refractivity contribution in [2.24, 2.45) is 5.92 Å². The van der Waals surface area contributed by atoms with Crippen LogP contribution in [0.5, 0.6) is 0 Å². The van der Waals surface area contributed by atoms with Gasteiger partial charge in [0.1, 0.15) is 0 Å². The molecule has 2 aliphatic rings. The van der Waals surface area contributed by atoms with Gasteiger partial charge in [-0.15, -0.1) is 11.8 Å². The highest BCUT2D eigenvalue weighted by atomic mass is 32.2. The van der Waals surface area contributed by atoms with Crippen LogP contribution in [-0.2, 0) is 19.1 Å². The van der Waals surface area contributed by atoms with E-state index in [0.717, 1.165) is 5.69 Å². The summed E-state index contributed by atoms with van der Waals surface area (Å²) in [5, 5.41) is 8.25. The summed E-state index contributed by atoms with van der Waals surface area (Å²) in [6.07, 6.45) is 1.24. The van der Waals surface area contributed by atoms with E-state index in [9.17, 15) is 19.2 Å². The number of urea groups is 1. The fourth-order valence-electron chi connectivity index (χ4n) is 3.88. The number of esters is 1. The number of carbonyl (C=O) groups excluding carboxylic acids is 4. The number of benzene rings is 1. The minimum Gasteiger partial charge on any atom is -0.463 e. The number of nitrogens with one attached hydrogen (secondary N) is 3. The molecule has 0 saturated carbocycles. The number of anilines is 1. The van der Waals surface area contributed by atoms with Gasteiger partial charge in [-0.2, -0.15) is 0 Å². The Bertz CT molecular complexity index is 913. The van der Waals surface area contributed by atoms with E-state index >= 15 is 0 Å². The van der Waals surface area contributed by atoms with Crippen LogP contribution in [0.1, 0.15) is 26.7 Å². The smallest absolute Gasteiger partial charge is 0.337 e. The Kier molecular flexibility index (Phi) is 8.76. The molecule has 0 bridgehead atoms. The van der Waals surface area contributed by atoms with Crippen molar-refractivity contribution < 1.29 is 23.9 Å². The van der Waals surface area contributed by atoms with E-state index in [1.165, 1.54) is 11.8 Å². The van der Waals surface area contributed by atoms with Gasteiger partial charge in [-0.25, -0.2) is 9.59 Å². The molecule has 33 heavy (non-hydrogen) atoms. The van der Waals surface area contributed by atoms with Gasteiger partial charge in [0.15, 0.2) is 0 Å². The zero-order chi connectivity index (χ0) is 23.8. The van der Waals surface area contributed by atoms with Gasteiger partial charge in [0.05, 0.1) is 24.0 Å². The molecule has 9 nitrogen and oxygen atoms in total. The van der Waals surface area contributed by atoms with Crippen molar-refractivity contribution in [3.05, 3.63) is 41.6 Å². The molecule has 1 atom stereocenters. The number of hydrogen-bond acceptors (Lipinski definition) is 6. The highest BCUT2D eigenvalue weighted by molar-refractivity contribution is 8.00. The first-order valence-corrected chi connectivity index (χ1v) is 12.2. The molecule has 4 amide bonds. The Morgan fingerprint density at radius 2 is 1.88 bits per heavy atom. The van der Waals surface area contributed by atoms with Gasteiger partial charge in [0, 0.05) is 36.1 Å². The zero-order valence-corrected chi connectivity index (χ0v) is 19.7. The van der Waals surface area contributed by atoms with Crippen LogP contribution < -0.4 is 16.0 Å². The molecule has 0 aromatic heterocycles. The summed E-state index contributed by atoms with van der Waals surface area (Å²) < 4.78 is 5.10. The first kappa shape index (κ1) is 24.6. The predicted molar refractivity (Wildman–Crippen MR) is 126 cm³/mol. The van der Waals surface area contributed by atoms with Gasteiger partial charge >= 0.3 is 12.0 Å². The number of ether oxygens (including phenoxy) is 1. The Balaban J connectivity index is 1.47. The molecule has 0 unspecified atom stereocenters. The van der Waals surface area contributed by atoms with Crippen molar-refractivity contribution in [2.75, 3.05) is 36.5 Å². The molecule has 0 aliphatic carbocycles. The first-order chi connectivity index (χ1) is 15.9. The standard InChI is InChI=1S/C23H30N4O5S/c1-3-32-22(30)20-15(2)24-23(31)26-18(20)13-33-14-19(28)27-11-9-16(10-12-27)21(29)25-17-7-5-4-6-8-17/h4-8,15-16H,3,9-14H2,1-2H3,(H,25,29)(H2,24,26,31)/t15-/m1/s1. The summed E-state index contributed by atoms with van der Waals surface area (Å²) in [6, 6.07) is 8.49. The molecule has 1 aromatic rings. The minimum absolute atomic E-state index is 0.0168. The number of thioether (sulfide) groups is 1. The van der Waals surface area contributed by atoms with E-state index in [1.807, 2.05) is 30.3 Å². The second-order valence-electron chi connectivity index (χ2n) is 7.94. The Morgan fingerprint density at radius 3 is 2.55 bits per heavy atom. The predicted octanol–water partition coefficient (Wildman–Crippen LogP) is 2.12.